The Bertz CT molecular complexity index is 819. The number of pyridine rings is 3. The summed E-state index contributed by atoms with van der Waals surface area (Å²) < 4.78 is 12.0. The first-order valence-electron chi connectivity index (χ1n) is 8.39. The van der Waals surface area contributed by atoms with Crippen LogP contribution in [0.15, 0.2) is 55.0 Å². The molecule has 0 radical (unpaired) electrons. The van der Waals surface area contributed by atoms with Crippen molar-refractivity contribution in [2.24, 2.45) is 0 Å². The fraction of sp³-hybridized carbons (Fsp3) is 0.250. The van der Waals surface area contributed by atoms with Crippen LogP contribution in [-0.4, -0.2) is 21.1 Å². The largest absolute Gasteiger partial charge is 1.00 e. The number of rotatable bonds is 1. The molecular formula is C24H30FKN4O2. The molecule has 8 heteroatoms. The van der Waals surface area contributed by atoms with E-state index in [4.69, 9.17) is 16.2 Å². The van der Waals surface area contributed by atoms with E-state index in [0.717, 1.165) is 22.5 Å². The van der Waals surface area contributed by atoms with Crippen molar-refractivity contribution in [3.05, 3.63) is 107 Å². The van der Waals surface area contributed by atoms with Crippen molar-refractivity contribution in [1.82, 2.24) is 15.0 Å². The molecule has 0 unspecified atom stereocenters. The minimum atomic E-state index is -0.421. The van der Waals surface area contributed by atoms with Crippen LogP contribution in [0.4, 0.5) is 4.39 Å². The molecule has 0 saturated carbocycles. The van der Waals surface area contributed by atoms with E-state index in [1.54, 1.807) is 12.3 Å². The first-order chi connectivity index (χ1) is 13.8. The van der Waals surface area contributed by atoms with E-state index >= 15 is 0 Å². The number of hydrogen-bond donors (Lipinski definition) is 0. The van der Waals surface area contributed by atoms with E-state index in [0.29, 0.717) is 6.54 Å². The number of hydrogen-bond acceptors (Lipinski definition) is 5. The van der Waals surface area contributed by atoms with Crippen molar-refractivity contribution >= 4 is 6.15 Å². The van der Waals surface area contributed by atoms with E-state index in [-0.39, 0.29) is 72.4 Å². The Kier molecular flexibility index (Phi) is 27.1. The quantitative estimate of drug-likeness (QED) is 0.314. The number of aromatic nitrogens is 3. The van der Waals surface area contributed by atoms with Gasteiger partial charge in [0.05, 0.1) is 0 Å². The number of carbonyl (C=O) groups excluding carboxylic acids is 2. The zero-order chi connectivity index (χ0) is 22.1. The molecule has 0 aliphatic carbocycles. The molecule has 0 aliphatic heterocycles. The van der Waals surface area contributed by atoms with Gasteiger partial charge in [0.1, 0.15) is 5.69 Å². The second-order valence-electron chi connectivity index (χ2n) is 5.71. The van der Waals surface area contributed by atoms with Crippen LogP contribution in [0.2, 0.25) is 0 Å². The maximum atomic E-state index is 12.0. The van der Waals surface area contributed by atoms with Gasteiger partial charge >= 0.3 is 57.5 Å². The zero-order valence-electron chi connectivity index (χ0n) is 17.6. The van der Waals surface area contributed by atoms with Crippen LogP contribution in [0.3, 0.4) is 0 Å². The Labute approximate surface area is 234 Å². The smallest absolute Gasteiger partial charge is 0.310 e. The fourth-order valence-corrected chi connectivity index (χ4v) is 1.62. The molecule has 32 heavy (non-hydrogen) atoms. The van der Waals surface area contributed by atoms with Gasteiger partial charge in [-0.2, -0.15) is 20.0 Å². The Balaban J connectivity index is -0.000000167. The summed E-state index contributed by atoms with van der Waals surface area (Å²) in [5.74, 6) is -0.421. The molecule has 0 spiro atoms. The van der Waals surface area contributed by atoms with Crippen molar-refractivity contribution in [2.75, 3.05) is 0 Å². The van der Waals surface area contributed by atoms with Crippen LogP contribution in [0, 0.1) is 40.2 Å². The topological polar surface area (TPSA) is 77.2 Å². The molecule has 166 valence electrons. The summed E-state index contributed by atoms with van der Waals surface area (Å²) in [4.78, 5) is 30.9. The average molecular weight is 465 g/mol. The van der Waals surface area contributed by atoms with Gasteiger partial charge < -0.3 is 4.85 Å². The van der Waals surface area contributed by atoms with Gasteiger partial charge in [0.2, 0.25) is 5.95 Å². The van der Waals surface area contributed by atoms with Gasteiger partial charge in [0, 0.05) is 18.6 Å². The number of nitrogens with zero attached hydrogens (tertiary/aromatic N) is 4. The third-order valence-electron chi connectivity index (χ3n) is 3.06. The monoisotopic (exact) mass is 464 g/mol. The minimum absolute atomic E-state index is 0. The summed E-state index contributed by atoms with van der Waals surface area (Å²) >= 11 is 0. The summed E-state index contributed by atoms with van der Waals surface area (Å²) in [6, 6.07) is 10.8. The zero-order valence-corrected chi connectivity index (χ0v) is 20.7. The molecule has 0 aliphatic rings. The second-order valence-corrected chi connectivity index (χ2v) is 5.71. The Hall–Kier alpha value is -2.24. The van der Waals surface area contributed by atoms with E-state index in [2.05, 4.69) is 26.7 Å². The van der Waals surface area contributed by atoms with Crippen LogP contribution in [-0.2, 0) is 16.1 Å². The number of halogens is 1. The molecular weight excluding hydrogens is 434 g/mol. The predicted molar refractivity (Wildman–Crippen MR) is 120 cm³/mol. The van der Waals surface area contributed by atoms with Crippen molar-refractivity contribution in [3.8, 4) is 0 Å². The molecule has 0 saturated heterocycles. The Morgan fingerprint density at radius 3 is 1.59 bits per heavy atom. The summed E-state index contributed by atoms with van der Waals surface area (Å²) in [6.07, 6.45) is 5.33. The van der Waals surface area contributed by atoms with Gasteiger partial charge in [0.25, 0.3) is 6.54 Å². The summed E-state index contributed by atoms with van der Waals surface area (Å²) in [7, 11) is 0. The maximum absolute atomic E-state index is 12.0. The van der Waals surface area contributed by atoms with Gasteiger partial charge in [-0.3, -0.25) is 9.97 Å². The molecule has 6 nitrogen and oxygen atoms in total. The normalized spacial score (nSPS) is 7.59. The van der Waals surface area contributed by atoms with E-state index in [1.165, 1.54) is 17.8 Å². The van der Waals surface area contributed by atoms with Gasteiger partial charge in [-0.05, 0) is 44.0 Å². The average Bonchev–Trinajstić information content (AvgIpc) is 2.70. The van der Waals surface area contributed by atoms with Gasteiger partial charge in [-0.25, -0.2) is 18.5 Å². The molecule has 3 aromatic heterocycles. The molecule has 0 N–H and O–H groups in total. The first-order valence-corrected chi connectivity index (χ1v) is 8.39. The molecule has 3 aromatic rings. The molecule has 0 amide bonds. The van der Waals surface area contributed by atoms with Crippen LogP contribution in [0.25, 0.3) is 4.85 Å². The molecule has 3 heterocycles. The molecule has 0 atom stereocenters. The van der Waals surface area contributed by atoms with Crippen molar-refractivity contribution in [1.29, 1.82) is 0 Å². The summed E-state index contributed by atoms with van der Waals surface area (Å²) in [5, 5.41) is 0. The molecule has 0 bridgehead atoms. The molecule has 0 aromatic carbocycles. The third-order valence-corrected chi connectivity index (χ3v) is 3.06. The fourth-order valence-electron chi connectivity index (χ4n) is 1.62. The second kappa shape index (κ2) is 23.4. The van der Waals surface area contributed by atoms with Crippen LogP contribution in [0.5, 0.6) is 0 Å². The predicted octanol–water partition coefficient (Wildman–Crippen LogP) is 2.60. The van der Waals surface area contributed by atoms with Gasteiger partial charge in [-0.1, -0.05) is 32.5 Å². The van der Waals surface area contributed by atoms with Crippen molar-refractivity contribution in [3.63, 3.8) is 0 Å². The standard InChI is InChI=1S/C8H8N2.C7H8N.C6H6FN.CO2.2CH4.K/c1-7-3-4-8(6-9-2)10-5-7;1-6-3-4-7(2)8-5-6;1-5-2-3-6(7)8-4-5;2-1-3;;;/h3-5H,6H2,1H3;3-5H,2H2,1H3;2-4H,1H3;;2*1H4;/q;-1;;;;;+1. The van der Waals surface area contributed by atoms with Crippen LogP contribution < -0.4 is 51.4 Å². The van der Waals surface area contributed by atoms with E-state index in [1.807, 2.05) is 51.2 Å². The maximum Gasteiger partial charge on any atom is 1.00 e. The van der Waals surface area contributed by atoms with E-state index in [9.17, 15) is 4.39 Å². The molecule has 3 rings (SSSR count). The van der Waals surface area contributed by atoms with Crippen molar-refractivity contribution in [2.45, 2.75) is 42.2 Å². The Morgan fingerprint density at radius 1 is 0.875 bits per heavy atom. The SMILES string of the molecule is C.C.Cc1ccc(F)nc1.O=C=O.[C-]#[N+]Cc1ccc(C)cn1.[CH2-]c1ccc(C)cn1.[K+]. The van der Waals surface area contributed by atoms with Gasteiger partial charge in [0.15, 0.2) is 0 Å². The Morgan fingerprint density at radius 2 is 1.31 bits per heavy atom. The van der Waals surface area contributed by atoms with Crippen LogP contribution >= 0.6 is 0 Å². The first kappa shape index (κ1) is 37.1. The minimum Gasteiger partial charge on any atom is -0.310 e. The van der Waals surface area contributed by atoms with Gasteiger partial charge in [-0.15, -0.1) is 11.8 Å². The third kappa shape index (κ3) is 21.0. The molecule has 0 fully saturated rings. The summed E-state index contributed by atoms with van der Waals surface area (Å²) in [6.45, 7) is 16.5. The van der Waals surface area contributed by atoms with E-state index < -0.39 is 5.95 Å². The number of aryl methyl sites for hydroxylation is 3. The summed E-state index contributed by atoms with van der Waals surface area (Å²) in [5.41, 5.74) is 4.97. The van der Waals surface area contributed by atoms with Crippen molar-refractivity contribution < 1.29 is 65.4 Å². The van der Waals surface area contributed by atoms with Crippen LogP contribution in [0.1, 0.15) is 42.9 Å².